The van der Waals surface area contributed by atoms with Gasteiger partial charge in [-0.05, 0) is 43.3 Å². The predicted octanol–water partition coefficient (Wildman–Crippen LogP) is 2.96. The first-order valence-electron chi connectivity index (χ1n) is 10.3. The van der Waals surface area contributed by atoms with Crippen LogP contribution in [0.15, 0.2) is 48.5 Å². The van der Waals surface area contributed by atoms with Gasteiger partial charge in [-0.25, -0.2) is 14.4 Å². The summed E-state index contributed by atoms with van der Waals surface area (Å²) in [7, 11) is 0. The Morgan fingerprint density at radius 2 is 1.73 bits per heavy atom. The fourth-order valence-electron chi connectivity index (χ4n) is 3.98. The van der Waals surface area contributed by atoms with Crippen LogP contribution in [0.25, 0.3) is 16.6 Å². The summed E-state index contributed by atoms with van der Waals surface area (Å²) in [6.45, 7) is 7.41. The summed E-state index contributed by atoms with van der Waals surface area (Å²) >= 11 is 0. The number of benzene rings is 2. The molecule has 154 valence electrons. The highest BCUT2D eigenvalue weighted by molar-refractivity contribution is 5.92. The van der Waals surface area contributed by atoms with Gasteiger partial charge in [0.05, 0.1) is 5.52 Å². The highest BCUT2D eigenvalue weighted by Crippen LogP contribution is 2.20. The highest BCUT2D eigenvalue weighted by Gasteiger charge is 2.17. The summed E-state index contributed by atoms with van der Waals surface area (Å²) in [6, 6.07) is 14.7. The lowest BCUT2D eigenvalue weighted by molar-refractivity contribution is 0.267. The van der Waals surface area contributed by atoms with Crippen molar-refractivity contribution in [3.05, 3.63) is 60.2 Å². The van der Waals surface area contributed by atoms with E-state index in [1.54, 1.807) is 4.52 Å². The van der Waals surface area contributed by atoms with Gasteiger partial charge in [0.1, 0.15) is 11.6 Å². The van der Waals surface area contributed by atoms with Crippen molar-refractivity contribution < 1.29 is 4.39 Å². The number of hydrogen-bond donors (Lipinski definition) is 1. The van der Waals surface area contributed by atoms with E-state index in [1.807, 2.05) is 43.3 Å². The van der Waals surface area contributed by atoms with Crippen molar-refractivity contribution in [3.8, 4) is 0 Å². The van der Waals surface area contributed by atoms with Crippen LogP contribution in [-0.2, 0) is 0 Å². The zero-order chi connectivity index (χ0) is 20.5. The van der Waals surface area contributed by atoms with Gasteiger partial charge in [0.15, 0.2) is 5.65 Å². The second-order valence-corrected chi connectivity index (χ2v) is 7.58. The summed E-state index contributed by atoms with van der Waals surface area (Å²) < 4.78 is 14.9. The first kappa shape index (κ1) is 18.7. The van der Waals surface area contributed by atoms with E-state index < -0.39 is 0 Å². The number of halogens is 1. The largest absolute Gasteiger partial charge is 0.369 e. The number of aromatic nitrogens is 4. The Hall–Kier alpha value is -3.26. The number of para-hydroxylation sites is 1. The summed E-state index contributed by atoms with van der Waals surface area (Å²) in [4.78, 5) is 14.1. The van der Waals surface area contributed by atoms with Crippen molar-refractivity contribution >= 4 is 28.2 Å². The SMILES string of the molecule is Cc1nc2c3ccccc3nc(NCCN3CCN(c4ccc(F)cc4)CC3)n2n1. The molecule has 1 aliphatic heterocycles. The van der Waals surface area contributed by atoms with E-state index in [2.05, 4.69) is 25.2 Å². The van der Waals surface area contributed by atoms with Gasteiger partial charge in [-0.1, -0.05) is 12.1 Å². The molecule has 4 aromatic rings. The standard InChI is InChI=1S/C22H24FN7/c1-16-25-21-19-4-2-3-5-20(19)26-22(30(21)27-16)24-10-11-28-12-14-29(15-13-28)18-8-6-17(23)7-9-18/h2-9H,10-15H2,1H3,(H,24,26). The predicted molar refractivity (Wildman–Crippen MR) is 117 cm³/mol. The molecule has 0 bridgehead atoms. The van der Waals surface area contributed by atoms with Crippen molar-refractivity contribution in [1.82, 2.24) is 24.5 Å². The Kier molecular flexibility index (Phi) is 4.92. The number of hydrogen-bond acceptors (Lipinski definition) is 6. The van der Waals surface area contributed by atoms with Crippen LogP contribution in [0.3, 0.4) is 0 Å². The van der Waals surface area contributed by atoms with Crippen LogP contribution in [0, 0.1) is 12.7 Å². The smallest absolute Gasteiger partial charge is 0.226 e. The Morgan fingerprint density at radius 1 is 0.967 bits per heavy atom. The maximum atomic E-state index is 13.1. The van der Waals surface area contributed by atoms with Gasteiger partial charge in [-0.3, -0.25) is 4.90 Å². The lowest BCUT2D eigenvalue weighted by atomic mass is 10.2. The fraction of sp³-hybridized carbons (Fsp3) is 0.318. The first-order chi connectivity index (χ1) is 14.7. The first-order valence-corrected chi connectivity index (χ1v) is 10.3. The molecule has 0 atom stereocenters. The molecular formula is C22H24FN7. The third-order valence-corrected chi connectivity index (χ3v) is 5.56. The van der Waals surface area contributed by atoms with Crippen LogP contribution in [-0.4, -0.2) is 63.8 Å². The van der Waals surface area contributed by atoms with Gasteiger partial charge in [0.2, 0.25) is 5.95 Å². The molecule has 30 heavy (non-hydrogen) atoms. The normalized spacial score (nSPS) is 15.2. The molecule has 0 amide bonds. The number of aryl methyl sites for hydroxylation is 1. The third kappa shape index (κ3) is 3.66. The number of rotatable bonds is 5. The molecule has 1 fully saturated rings. The van der Waals surface area contributed by atoms with E-state index in [0.29, 0.717) is 5.95 Å². The minimum absolute atomic E-state index is 0.192. The second kappa shape index (κ2) is 7.87. The Bertz CT molecular complexity index is 1160. The fourth-order valence-corrected chi connectivity index (χ4v) is 3.98. The average molecular weight is 405 g/mol. The Labute approximate surface area is 174 Å². The molecule has 0 spiro atoms. The minimum Gasteiger partial charge on any atom is -0.369 e. The van der Waals surface area contributed by atoms with Crippen molar-refractivity contribution in [3.63, 3.8) is 0 Å². The zero-order valence-corrected chi connectivity index (χ0v) is 16.9. The number of anilines is 2. The Balaban J connectivity index is 1.22. The summed E-state index contributed by atoms with van der Waals surface area (Å²) in [6.07, 6.45) is 0. The van der Waals surface area contributed by atoms with Gasteiger partial charge in [-0.15, -0.1) is 5.10 Å². The van der Waals surface area contributed by atoms with Crippen LogP contribution in [0.4, 0.5) is 16.0 Å². The van der Waals surface area contributed by atoms with Gasteiger partial charge in [0, 0.05) is 50.3 Å². The third-order valence-electron chi connectivity index (χ3n) is 5.56. The molecule has 0 aliphatic carbocycles. The maximum Gasteiger partial charge on any atom is 0.226 e. The molecule has 3 heterocycles. The molecule has 0 saturated carbocycles. The molecule has 5 rings (SSSR count). The van der Waals surface area contributed by atoms with Crippen molar-refractivity contribution in [2.24, 2.45) is 0 Å². The van der Waals surface area contributed by atoms with Crippen LogP contribution in [0.5, 0.6) is 0 Å². The summed E-state index contributed by atoms with van der Waals surface area (Å²) in [5, 5.41) is 8.95. The molecule has 1 N–H and O–H groups in total. The molecule has 0 unspecified atom stereocenters. The minimum atomic E-state index is -0.192. The van der Waals surface area contributed by atoms with Gasteiger partial charge in [0.25, 0.3) is 0 Å². The second-order valence-electron chi connectivity index (χ2n) is 7.58. The van der Waals surface area contributed by atoms with Crippen LogP contribution < -0.4 is 10.2 Å². The van der Waals surface area contributed by atoms with E-state index in [-0.39, 0.29) is 5.82 Å². The number of nitrogens with zero attached hydrogens (tertiary/aromatic N) is 6. The number of fused-ring (bicyclic) bond motifs is 3. The van der Waals surface area contributed by atoms with Crippen LogP contribution in [0.2, 0.25) is 0 Å². The number of piperazine rings is 1. The monoisotopic (exact) mass is 405 g/mol. The maximum absolute atomic E-state index is 13.1. The van der Waals surface area contributed by atoms with E-state index in [9.17, 15) is 4.39 Å². The lowest BCUT2D eigenvalue weighted by Crippen LogP contribution is -2.47. The van der Waals surface area contributed by atoms with E-state index in [0.717, 1.165) is 67.3 Å². The topological polar surface area (TPSA) is 61.6 Å². The van der Waals surface area contributed by atoms with E-state index in [4.69, 9.17) is 4.98 Å². The van der Waals surface area contributed by atoms with Crippen molar-refractivity contribution in [1.29, 1.82) is 0 Å². The van der Waals surface area contributed by atoms with Gasteiger partial charge < -0.3 is 10.2 Å². The molecule has 2 aromatic carbocycles. The van der Waals surface area contributed by atoms with Crippen LogP contribution >= 0.6 is 0 Å². The quantitative estimate of drug-likeness (QED) is 0.551. The van der Waals surface area contributed by atoms with Gasteiger partial charge >= 0.3 is 0 Å². The van der Waals surface area contributed by atoms with Crippen LogP contribution in [0.1, 0.15) is 5.82 Å². The zero-order valence-electron chi connectivity index (χ0n) is 16.9. The molecule has 8 heteroatoms. The molecule has 1 saturated heterocycles. The summed E-state index contributed by atoms with van der Waals surface area (Å²) in [5.74, 6) is 1.25. The van der Waals surface area contributed by atoms with Crippen molar-refractivity contribution in [2.45, 2.75) is 6.92 Å². The van der Waals surface area contributed by atoms with Gasteiger partial charge in [-0.2, -0.15) is 4.52 Å². The molecule has 0 radical (unpaired) electrons. The lowest BCUT2D eigenvalue weighted by Gasteiger charge is -2.36. The number of nitrogens with one attached hydrogen (secondary N) is 1. The molecule has 1 aliphatic rings. The Morgan fingerprint density at radius 3 is 2.53 bits per heavy atom. The molecular weight excluding hydrogens is 381 g/mol. The summed E-state index contributed by atoms with van der Waals surface area (Å²) in [5.41, 5.74) is 2.82. The van der Waals surface area contributed by atoms with E-state index >= 15 is 0 Å². The molecule has 2 aromatic heterocycles. The van der Waals surface area contributed by atoms with E-state index in [1.165, 1.54) is 12.1 Å². The molecule has 7 nitrogen and oxygen atoms in total. The average Bonchev–Trinajstić information content (AvgIpc) is 3.17. The van der Waals surface area contributed by atoms with Crippen molar-refractivity contribution in [2.75, 3.05) is 49.5 Å². The highest BCUT2D eigenvalue weighted by atomic mass is 19.1.